The molecule has 0 aliphatic carbocycles. The Balaban J connectivity index is 3.55. The SMILES string of the molecule is CCCCc1c(S(C)(=O)=O)cccc1S(C)(=O)=O. The van der Waals surface area contributed by atoms with E-state index in [1.807, 2.05) is 6.92 Å². The maximum Gasteiger partial charge on any atom is 0.175 e. The second-order valence-electron chi connectivity index (χ2n) is 4.38. The van der Waals surface area contributed by atoms with Crippen molar-refractivity contribution < 1.29 is 16.8 Å². The van der Waals surface area contributed by atoms with Gasteiger partial charge in [-0.3, -0.25) is 0 Å². The summed E-state index contributed by atoms with van der Waals surface area (Å²) in [6, 6.07) is 4.41. The van der Waals surface area contributed by atoms with Crippen molar-refractivity contribution >= 4 is 19.7 Å². The van der Waals surface area contributed by atoms with Gasteiger partial charge in [0, 0.05) is 12.5 Å². The molecule has 0 aliphatic rings. The Bertz CT molecular complexity index is 578. The monoisotopic (exact) mass is 290 g/mol. The smallest absolute Gasteiger partial charge is 0.175 e. The van der Waals surface area contributed by atoms with Crippen LogP contribution in [0.4, 0.5) is 0 Å². The summed E-state index contributed by atoms with van der Waals surface area (Å²) in [6.07, 6.45) is 4.30. The second-order valence-corrected chi connectivity index (χ2v) is 8.35. The first kappa shape index (κ1) is 15.2. The number of sulfone groups is 2. The van der Waals surface area contributed by atoms with Gasteiger partial charge in [-0.05, 0) is 30.5 Å². The van der Waals surface area contributed by atoms with Crippen LogP contribution in [0.3, 0.4) is 0 Å². The zero-order chi connectivity index (χ0) is 14.0. The van der Waals surface area contributed by atoms with Crippen molar-refractivity contribution in [3.63, 3.8) is 0 Å². The minimum atomic E-state index is -3.41. The molecule has 0 spiro atoms. The molecule has 0 unspecified atom stereocenters. The van der Waals surface area contributed by atoms with Crippen LogP contribution >= 0.6 is 0 Å². The summed E-state index contributed by atoms with van der Waals surface area (Å²) in [7, 11) is -6.82. The standard InChI is InChI=1S/C12H18O4S2/c1-4-5-7-10-11(17(2,13)14)8-6-9-12(10)18(3,15)16/h6,8-9H,4-5,7H2,1-3H3. The quantitative estimate of drug-likeness (QED) is 0.829. The van der Waals surface area contributed by atoms with E-state index in [-0.39, 0.29) is 9.79 Å². The van der Waals surface area contributed by atoms with Crippen molar-refractivity contribution in [2.24, 2.45) is 0 Å². The van der Waals surface area contributed by atoms with Gasteiger partial charge in [-0.15, -0.1) is 0 Å². The lowest BCUT2D eigenvalue weighted by atomic mass is 10.1. The molecule has 0 amide bonds. The number of hydrogen-bond donors (Lipinski definition) is 0. The molecule has 0 saturated heterocycles. The number of hydrogen-bond acceptors (Lipinski definition) is 4. The van der Waals surface area contributed by atoms with Gasteiger partial charge in [0.1, 0.15) is 0 Å². The van der Waals surface area contributed by atoms with Crippen LogP contribution in [0.5, 0.6) is 0 Å². The number of rotatable bonds is 5. The van der Waals surface area contributed by atoms with Gasteiger partial charge in [-0.2, -0.15) is 0 Å². The van der Waals surface area contributed by atoms with Gasteiger partial charge in [-0.1, -0.05) is 19.4 Å². The van der Waals surface area contributed by atoms with E-state index in [1.54, 1.807) is 0 Å². The largest absolute Gasteiger partial charge is 0.224 e. The summed E-state index contributed by atoms with van der Waals surface area (Å²) >= 11 is 0. The third-order valence-electron chi connectivity index (χ3n) is 2.67. The lowest BCUT2D eigenvalue weighted by Crippen LogP contribution is -2.09. The van der Waals surface area contributed by atoms with Crippen LogP contribution in [0.25, 0.3) is 0 Å². The highest BCUT2D eigenvalue weighted by atomic mass is 32.2. The van der Waals surface area contributed by atoms with Crippen LogP contribution in [0, 0.1) is 0 Å². The minimum Gasteiger partial charge on any atom is -0.224 e. The summed E-state index contributed by atoms with van der Waals surface area (Å²) in [4.78, 5) is 0.248. The zero-order valence-electron chi connectivity index (χ0n) is 10.8. The summed E-state index contributed by atoms with van der Waals surface area (Å²) < 4.78 is 46.8. The molecule has 0 radical (unpaired) electrons. The zero-order valence-corrected chi connectivity index (χ0v) is 12.4. The predicted octanol–water partition coefficient (Wildman–Crippen LogP) is 1.84. The Morgan fingerprint density at radius 2 is 1.39 bits per heavy atom. The molecule has 4 nitrogen and oxygen atoms in total. The van der Waals surface area contributed by atoms with Crippen molar-refractivity contribution in [2.75, 3.05) is 12.5 Å². The fourth-order valence-electron chi connectivity index (χ4n) is 1.84. The molecule has 6 heteroatoms. The van der Waals surface area contributed by atoms with E-state index < -0.39 is 19.7 Å². The van der Waals surface area contributed by atoms with Gasteiger partial charge in [0.2, 0.25) is 0 Å². The summed E-state index contributed by atoms with van der Waals surface area (Å²) in [6.45, 7) is 1.98. The third-order valence-corrected chi connectivity index (χ3v) is 5.03. The predicted molar refractivity (Wildman–Crippen MR) is 71.3 cm³/mol. The van der Waals surface area contributed by atoms with Crippen LogP contribution < -0.4 is 0 Å². The fourth-order valence-corrected chi connectivity index (χ4v) is 3.88. The first-order chi connectivity index (χ1) is 8.18. The van der Waals surface area contributed by atoms with E-state index in [1.165, 1.54) is 18.2 Å². The number of benzene rings is 1. The lowest BCUT2D eigenvalue weighted by molar-refractivity contribution is 0.596. The van der Waals surface area contributed by atoms with Crippen LogP contribution in [0.2, 0.25) is 0 Å². The van der Waals surface area contributed by atoms with Gasteiger partial charge in [0.15, 0.2) is 19.7 Å². The molecule has 0 N–H and O–H groups in total. The van der Waals surface area contributed by atoms with Crippen LogP contribution in [0.1, 0.15) is 25.3 Å². The van der Waals surface area contributed by atoms with E-state index in [2.05, 4.69) is 0 Å². The molecule has 1 aromatic rings. The van der Waals surface area contributed by atoms with E-state index in [0.29, 0.717) is 12.0 Å². The topological polar surface area (TPSA) is 68.3 Å². The summed E-state index contributed by atoms with van der Waals surface area (Å²) in [5.74, 6) is 0. The molecule has 102 valence electrons. The fraction of sp³-hybridized carbons (Fsp3) is 0.500. The second kappa shape index (κ2) is 5.40. The van der Waals surface area contributed by atoms with E-state index >= 15 is 0 Å². The normalized spacial score (nSPS) is 12.6. The highest BCUT2D eigenvalue weighted by Gasteiger charge is 2.20. The van der Waals surface area contributed by atoms with Gasteiger partial charge >= 0.3 is 0 Å². The van der Waals surface area contributed by atoms with Gasteiger partial charge < -0.3 is 0 Å². The first-order valence-corrected chi connectivity index (χ1v) is 9.48. The summed E-state index contributed by atoms with van der Waals surface area (Å²) in [5, 5.41) is 0. The Morgan fingerprint density at radius 1 is 0.944 bits per heavy atom. The molecule has 0 bridgehead atoms. The molecule has 0 fully saturated rings. The average molecular weight is 290 g/mol. The molecular formula is C12H18O4S2. The Labute approximate surface area is 109 Å². The highest BCUT2D eigenvalue weighted by Crippen LogP contribution is 2.25. The number of unbranched alkanes of at least 4 members (excludes halogenated alkanes) is 1. The lowest BCUT2D eigenvalue weighted by Gasteiger charge is -2.12. The molecule has 1 aromatic carbocycles. The van der Waals surface area contributed by atoms with Crippen molar-refractivity contribution in [3.8, 4) is 0 Å². The molecule has 0 heterocycles. The Hall–Kier alpha value is -0.880. The van der Waals surface area contributed by atoms with Crippen LogP contribution in [-0.4, -0.2) is 29.3 Å². The molecular weight excluding hydrogens is 272 g/mol. The molecule has 0 atom stereocenters. The highest BCUT2D eigenvalue weighted by molar-refractivity contribution is 7.91. The Morgan fingerprint density at radius 3 is 1.72 bits per heavy atom. The average Bonchev–Trinajstić information content (AvgIpc) is 2.23. The van der Waals surface area contributed by atoms with Crippen LogP contribution in [-0.2, 0) is 26.1 Å². The summed E-state index contributed by atoms with van der Waals surface area (Å²) in [5.41, 5.74) is 0.421. The van der Waals surface area contributed by atoms with Crippen molar-refractivity contribution in [3.05, 3.63) is 23.8 Å². The molecule has 0 aliphatic heterocycles. The van der Waals surface area contributed by atoms with Crippen LogP contribution in [0.15, 0.2) is 28.0 Å². The van der Waals surface area contributed by atoms with Gasteiger partial charge in [0.05, 0.1) is 9.79 Å². The van der Waals surface area contributed by atoms with Crippen molar-refractivity contribution in [1.29, 1.82) is 0 Å². The van der Waals surface area contributed by atoms with E-state index in [9.17, 15) is 16.8 Å². The van der Waals surface area contributed by atoms with Gasteiger partial charge in [-0.25, -0.2) is 16.8 Å². The molecule has 0 aromatic heterocycles. The molecule has 18 heavy (non-hydrogen) atoms. The molecule has 0 saturated carbocycles. The van der Waals surface area contributed by atoms with E-state index in [4.69, 9.17) is 0 Å². The minimum absolute atomic E-state index is 0.124. The van der Waals surface area contributed by atoms with E-state index in [0.717, 1.165) is 25.4 Å². The van der Waals surface area contributed by atoms with Crippen molar-refractivity contribution in [1.82, 2.24) is 0 Å². The Kier molecular flexibility index (Phi) is 4.55. The van der Waals surface area contributed by atoms with Gasteiger partial charge in [0.25, 0.3) is 0 Å². The third kappa shape index (κ3) is 3.55. The maximum absolute atomic E-state index is 11.7. The van der Waals surface area contributed by atoms with Crippen molar-refractivity contribution in [2.45, 2.75) is 36.0 Å². The molecule has 1 rings (SSSR count). The first-order valence-electron chi connectivity index (χ1n) is 5.70. The maximum atomic E-state index is 11.7.